The van der Waals surface area contributed by atoms with Crippen LogP contribution in [-0.4, -0.2) is 0 Å². The van der Waals surface area contributed by atoms with Crippen LogP contribution in [-0.2, 0) is 5.41 Å². The fraction of sp³-hybridized carbons (Fsp3) is 0.448. The van der Waals surface area contributed by atoms with Gasteiger partial charge in [0.05, 0.1) is 0 Å². The molecule has 0 nitrogen and oxygen atoms in total. The Morgan fingerprint density at radius 3 is 1.38 bits per heavy atom. The first kappa shape index (κ1) is 21.6. The van der Waals surface area contributed by atoms with Gasteiger partial charge in [-0.3, -0.25) is 0 Å². The molecule has 2 aromatic rings. The lowest BCUT2D eigenvalue weighted by molar-refractivity contribution is 0.537. The Morgan fingerprint density at radius 2 is 1.07 bits per heavy atom. The van der Waals surface area contributed by atoms with Crippen LogP contribution in [0.4, 0.5) is 0 Å². The fourth-order valence-corrected chi connectivity index (χ4v) is 4.53. The molecular weight excluding hydrogens is 348 g/mol. The van der Waals surface area contributed by atoms with Gasteiger partial charge in [-0.15, -0.1) is 0 Å². The maximum Gasteiger partial charge on any atom is 0.0284 e. The number of hydrogen-bond donors (Lipinski definition) is 0. The number of allylic oxidation sites excluding steroid dienone is 4. The van der Waals surface area contributed by atoms with Crippen LogP contribution < -0.4 is 0 Å². The minimum absolute atomic E-state index is 0.0228. The van der Waals surface area contributed by atoms with Crippen molar-refractivity contribution in [3.8, 4) is 11.1 Å². The van der Waals surface area contributed by atoms with Crippen LogP contribution in [0.25, 0.3) is 11.1 Å². The Kier molecular flexibility index (Phi) is 6.22. The SMILES string of the molecule is CC(C)=CCC1(CC=C(C)C)c2cc(C(C)C)ccc2-c2ccc(C(C)C)cc21. The van der Waals surface area contributed by atoms with Gasteiger partial charge in [0.15, 0.2) is 0 Å². The van der Waals surface area contributed by atoms with Gasteiger partial charge in [0.1, 0.15) is 0 Å². The molecule has 0 fully saturated rings. The first-order chi connectivity index (χ1) is 13.7. The molecule has 154 valence electrons. The predicted octanol–water partition coefficient (Wildman–Crippen LogP) is 8.91. The molecule has 0 heteroatoms. The summed E-state index contributed by atoms with van der Waals surface area (Å²) in [6.45, 7) is 18.1. The lowest BCUT2D eigenvalue weighted by Crippen LogP contribution is -2.24. The highest BCUT2D eigenvalue weighted by Gasteiger charge is 2.42. The second-order valence-electron chi connectivity index (χ2n) is 9.97. The third-order valence-electron chi connectivity index (χ3n) is 6.46. The molecule has 0 spiro atoms. The Bertz CT molecular complexity index is 862. The van der Waals surface area contributed by atoms with E-state index in [0.717, 1.165) is 12.8 Å². The zero-order chi connectivity index (χ0) is 21.3. The highest BCUT2D eigenvalue weighted by atomic mass is 14.4. The van der Waals surface area contributed by atoms with Crippen LogP contribution in [0.5, 0.6) is 0 Å². The van der Waals surface area contributed by atoms with E-state index in [9.17, 15) is 0 Å². The van der Waals surface area contributed by atoms with Crippen LogP contribution in [0.15, 0.2) is 59.7 Å². The van der Waals surface area contributed by atoms with Gasteiger partial charge < -0.3 is 0 Å². The maximum absolute atomic E-state index is 2.51. The van der Waals surface area contributed by atoms with Gasteiger partial charge in [0, 0.05) is 5.41 Å². The van der Waals surface area contributed by atoms with Crippen LogP contribution >= 0.6 is 0 Å². The first-order valence-electron chi connectivity index (χ1n) is 11.2. The van der Waals surface area contributed by atoms with Gasteiger partial charge in [-0.25, -0.2) is 0 Å². The minimum atomic E-state index is 0.0228. The third-order valence-corrected chi connectivity index (χ3v) is 6.46. The summed E-state index contributed by atoms with van der Waals surface area (Å²) >= 11 is 0. The molecule has 29 heavy (non-hydrogen) atoms. The predicted molar refractivity (Wildman–Crippen MR) is 129 cm³/mol. The van der Waals surface area contributed by atoms with Gasteiger partial charge in [-0.05, 0) is 85.8 Å². The summed E-state index contributed by atoms with van der Waals surface area (Å²) in [7, 11) is 0. The Morgan fingerprint density at radius 1 is 0.690 bits per heavy atom. The molecule has 0 N–H and O–H groups in total. The molecule has 0 atom stereocenters. The quantitative estimate of drug-likeness (QED) is 0.435. The molecule has 0 aliphatic heterocycles. The van der Waals surface area contributed by atoms with E-state index in [2.05, 4.69) is 104 Å². The van der Waals surface area contributed by atoms with E-state index in [4.69, 9.17) is 0 Å². The summed E-state index contributed by atoms with van der Waals surface area (Å²) in [5.41, 5.74) is 11.6. The fourth-order valence-electron chi connectivity index (χ4n) is 4.53. The normalized spacial score (nSPS) is 14.0. The van der Waals surface area contributed by atoms with E-state index in [1.807, 2.05) is 0 Å². The van der Waals surface area contributed by atoms with Crippen LogP contribution in [0.3, 0.4) is 0 Å². The molecule has 0 saturated carbocycles. The van der Waals surface area contributed by atoms with Crippen molar-refractivity contribution in [2.75, 3.05) is 0 Å². The average Bonchev–Trinajstić information content (AvgIpc) is 2.93. The molecule has 0 amide bonds. The molecule has 2 aromatic carbocycles. The van der Waals surface area contributed by atoms with E-state index in [1.54, 1.807) is 0 Å². The van der Waals surface area contributed by atoms with Crippen molar-refractivity contribution >= 4 is 0 Å². The molecule has 0 heterocycles. The monoisotopic (exact) mass is 386 g/mol. The largest absolute Gasteiger partial charge is 0.0847 e. The summed E-state index contributed by atoms with van der Waals surface area (Å²) in [6.07, 6.45) is 7.01. The Labute approximate surface area is 178 Å². The Balaban J connectivity index is 2.33. The number of fused-ring (bicyclic) bond motifs is 3. The molecule has 1 aliphatic carbocycles. The summed E-state index contributed by atoms with van der Waals surface area (Å²) in [4.78, 5) is 0. The van der Waals surface area contributed by atoms with Crippen molar-refractivity contribution in [2.24, 2.45) is 0 Å². The molecule has 0 radical (unpaired) electrons. The van der Waals surface area contributed by atoms with E-state index < -0.39 is 0 Å². The lowest BCUT2D eigenvalue weighted by Gasteiger charge is -2.32. The minimum Gasteiger partial charge on any atom is -0.0847 e. The second-order valence-corrected chi connectivity index (χ2v) is 9.97. The molecule has 3 rings (SSSR count). The highest BCUT2D eigenvalue weighted by Crippen LogP contribution is 2.54. The summed E-state index contributed by atoms with van der Waals surface area (Å²) in [5, 5.41) is 0. The van der Waals surface area contributed by atoms with Gasteiger partial charge >= 0.3 is 0 Å². The lowest BCUT2D eigenvalue weighted by atomic mass is 9.71. The molecule has 0 unspecified atom stereocenters. The van der Waals surface area contributed by atoms with E-state index in [1.165, 1.54) is 44.5 Å². The van der Waals surface area contributed by atoms with Crippen molar-refractivity contribution < 1.29 is 0 Å². The number of hydrogen-bond acceptors (Lipinski definition) is 0. The third kappa shape index (κ3) is 4.13. The van der Waals surface area contributed by atoms with Crippen molar-refractivity contribution in [1.29, 1.82) is 0 Å². The van der Waals surface area contributed by atoms with E-state index in [-0.39, 0.29) is 5.41 Å². The van der Waals surface area contributed by atoms with Crippen LogP contribution in [0.1, 0.15) is 102 Å². The van der Waals surface area contributed by atoms with Crippen molar-refractivity contribution in [3.05, 3.63) is 82.0 Å². The zero-order valence-electron chi connectivity index (χ0n) is 19.7. The van der Waals surface area contributed by atoms with Gasteiger partial charge in [-0.2, -0.15) is 0 Å². The van der Waals surface area contributed by atoms with Crippen LogP contribution in [0.2, 0.25) is 0 Å². The average molecular weight is 387 g/mol. The van der Waals surface area contributed by atoms with Crippen molar-refractivity contribution in [3.63, 3.8) is 0 Å². The first-order valence-corrected chi connectivity index (χ1v) is 11.2. The zero-order valence-corrected chi connectivity index (χ0v) is 19.7. The highest BCUT2D eigenvalue weighted by molar-refractivity contribution is 5.82. The van der Waals surface area contributed by atoms with Crippen molar-refractivity contribution in [2.45, 2.75) is 85.5 Å². The van der Waals surface area contributed by atoms with E-state index in [0.29, 0.717) is 11.8 Å². The number of benzene rings is 2. The van der Waals surface area contributed by atoms with Gasteiger partial charge in [0.2, 0.25) is 0 Å². The van der Waals surface area contributed by atoms with Gasteiger partial charge in [0.25, 0.3) is 0 Å². The summed E-state index contributed by atoms with van der Waals surface area (Å²) in [6, 6.07) is 14.4. The van der Waals surface area contributed by atoms with Crippen molar-refractivity contribution in [1.82, 2.24) is 0 Å². The summed E-state index contributed by atoms with van der Waals surface area (Å²) in [5.74, 6) is 1.08. The van der Waals surface area contributed by atoms with Gasteiger partial charge in [-0.1, -0.05) is 87.4 Å². The van der Waals surface area contributed by atoms with E-state index >= 15 is 0 Å². The second kappa shape index (κ2) is 8.34. The van der Waals surface area contributed by atoms with Crippen LogP contribution in [0, 0.1) is 0 Å². The smallest absolute Gasteiger partial charge is 0.0284 e. The maximum atomic E-state index is 2.51. The standard InChI is InChI=1S/C29H38/c1-19(2)13-15-29(16-14-20(3)4)27-17-23(21(5)6)9-11-25(27)26-12-10-24(22(7)8)18-28(26)29/h9-14,17-18,21-22H,15-16H2,1-8H3. The Hall–Kier alpha value is -2.08. The molecule has 0 saturated heterocycles. The number of rotatable bonds is 6. The molecular formula is C29H38. The summed E-state index contributed by atoms with van der Waals surface area (Å²) < 4.78 is 0. The molecule has 1 aliphatic rings. The molecule has 0 aromatic heterocycles. The topological polar surface area (TPSA) is 0 Å². The molecule has 0 bridgehead atoms.